The van der Waals surface area contributed by atoms with Gasteiger partial charge in [0, 0.05) is 25.1 Å². The Balaban J connectivity index is 2.11. The van der Waals surface area contributed by atoms with Gasteiger partial charge < -0.3 is 4.74 Å². The molecular weight excluding hydrogens is 358 g/mol. The summed E-state index contributed by atoms with van der Waals surface area (Å²) < 4.78 is 6.54. The topological polar surface area (TPSA) is 9.23 Å². The molecule has 0 aliphatic rings. The van der Waals surface area contributed by atoms with Crippen molar-refractivity contribution in [1.29, 1.82) is 0 Å². The van der Waals surface area contributed by atoms with Gasteiger partial charge in [-0.1, -0.05) is 56.8 Å². The lowest BCUT2D eigenvalue weighted by molar-refractivity contribution is 0.306. The normalized spacial score (nSPS) is 10.4. The van der Waals surface area contributed by atoms with Gasteiger partial charge >= 0.3 is 0 Å². The lowest BCUT2D eigenvalue weighted by atomic mass is 10.2. The molecule has 0 unspecified atom stereocenters. The van der Waals surface area contributed by atoms with Gasteiger partial charge in [-0.3, -0.25) is 0 Å². The van der Waals surface area contributed by atoms with E-state index in [-0.39, 0.29) is 0 Å². The molecule has 0 N–H and O–H groups in total. The zero-order valence-corrected chi connectivity index (χ0v) is 12.9. The quantitative estimate of drug-likeness (QED) is 0.648. The van der Waals surface area contributed by atoms with Crippen LogP contribution in [-0.4, -0.2) is 0 Å². The van der Waals surface area contributed by atoms with Gasteiger partial charge in [-0.15, -0.1) is 0 Å². The predicted molar refractivity (Wildman–Crippen MR) is 79.9 cm³/mol. The Kier molecular flexibility index (Phi) is 4.79. The average molecular weight is 366 g/mol. The van der Waals surface area contributed by atoms with Gasteiger partial charge in [0.25, 0.3) is 0 Å². The minimum Gasteiger partial charge on any atom is -0.489 e. The van der Waals surface area contributed by atoms with Crippen molar-refractivity contribution in [2.45, 2.75) is 6.61 Å². The first-order chi connectivity index (χ1) is 8.54. The summed E-state index contributed by atoms with van der Waals surface area (Å²) in [5.41, 5.74) is 0.899. The van der Waals surface area contributed by atoms with Gasteiger partial charge in [-0.25, -0.2) is 0 Å². The molecule has 0 saturated carbocycles. The van der Waals surface area contributed by atoms with E-state index >= 15 is 0 Å². The second-order valence-electron chi connectivity index (χ2n) is 3.63. The van der Waals surface area contributed by atoms with Crippen molar-refractivity contribution < 1.29 is 4.74 Å². The molecule has 0 saturated heterocycles. The fourth-order valence-corrected chi connectivity index (χ4v) is 2.65. The maximum Gasteiger partial charge on any atom is 0.122 e. The molecule has 0 heterocycles. The van der Waals surface area contributed by atoms with E-state index in [0.29, 0.717) is 27.4 Å². The van der Waals surface area contributed by atoms with Crippen LogP contribution >= 0.6 is 50.7 Å². The van der Waals surface area contributed by atoms with Crippen molar-refractivity contribution in [2.75, 3.05) is 0 Å². The molecule has 5 heteroatoms. The number of hydrogen-bond acceptors (Lipinski definition) is 1. The second-order valence-corrected chi connectivity index (χ2v) is 5.83. The Bertz CT molecular complexity index is 552. The van der Waals surface area contributed by atoms with E-state index in [0.717, 1.165) is 10.0 Å². The molecule has 2 aromatic carbocycles. The van der Waals surface area contributed by atoms with E-state index in [1.807, 2.05) is 18.2 Å². The molecule has 18 heavy (non-hydrogen) atoms. The Morgan fingerprint density at radius 1 is 0.944 bits per heavy atom. The fourth-order valence-electron chi connectivity index (χ4n) is 1.41. The maximum absolute atomic E-state index is 6.10. The van der Waals surface area contributed by atoms with Crippen LogP contribution in [0.1, 0.15) is 5.56 Å². The van der Waals surface area contributed by atoms with Gasteiger partial charge in [0.1, 0.15) is 12.4 Å². The van der Waals surface area contributed by atoms with Gasteiger partial charge in [-0.2, -0.15) is 0 Å². The highest BCUT2D eigenvalue weighted by Crippen LogP contribution is 2.26. The van der Waals surface area contributed by atoms with Crippen molar-refractivity contribution in [3.8, 4) is 5.75 Å². The molecule has 2 aromatic rings. The first-order valence-electron chi connectivity index (χ1n) is 5.07. The molecule has 0 atom stereocenters. The Labute approximate surface area is 129 Å². The SMILES string of the molecule is Clc1cc(Cl)cc(OCc2ccc(Br)cc2Cl)c1. The fraction of sp³-hybridized carbons (Fsp3) is 0.0769. The van der Waals surface area contributed by atoms with Crippen LogP contribution in [0.2, 0.25) is 15.1 Å². The van der Waals surface area contributed by atoms with Crippen LogP contribution in [0.3, 0.4) is 0 Å². The summed E-state index contributed by atoms with van der Waals surface area (Å²) in [5, 5.41) is 1.73. The number of benzene rings is 2. The van der Waals surface area contributed by atoms with E-state index in [1.165, 1.54) is 0 Å². The van der Waals surface area contributed by atoms with Gasteiger partial charge in [-0.05, 0) is 30.3 Å². The second kappa shape index (κ2) is 6.16. The first-order valence-corrected chi connectivity index (χ1v) is 7.00. The monoisotopic (exact) mass is 364 g/mol. The Hall–Kier alpha value is -0.410. The number of ether oxygens (including phenoxy) is 1. The van der Waals surface area contributed by atoms with E-state index in [2.05, 4.69) is 15.9 Å². The Morgan fingerprint density at radius 2 is 1.61 bits per heavy atom. The van der Waals surface area contributed by atoms with Gasteiger partial charge in [0.2, 0.25) is 0 Å². The molecule has 0 bridgehead atoms. The van der Waals surface area contributed by atoms with Crippen LogP contribution in [-0.2, 0) is 6.61 Å². The van der Waals surface area contributed by atoms with E-state index in [4.69, 9.17) is 39.5 Å². The standard InChI is InChI=1S/C13H8BrCl3O/c14-9-2-1-8(13(17)3-9)7-18-12-5-10(15)4-11(16)6-12/h1-6H,7H2. The molecule has 0 aliphatic carbocycles. The minimum atomic E-state index is 0.364. The summed E-state index contributed by atoms with van der Waals surface area (Å²) in [6.07, 6.45) is 0. The lowest BCUT2D eigenvalue weighted by Gasteiger charge is -2.09. The summed E-state index contributed by atoms with van der Waals surface area (Å²) in [5.74, 6) is 0.617. The zero-order valence-electron chi connectivity index (χ0n) is 9.09. The molecule has 0 fully saturated rings. The van der Waals surface area contributed by atoms with E-state index in [1.54, 1.807) is 18.2 Å². The largest absolute Gasteiger partial charge is 0.489 e. The number of rotatable bonds is 3. The van der Waals surface area contributed by atoms with Crippen LogP contribution < -0.4 is 4.74 Å². The molecule has 0 amide bonds. The number of halogens is 4. The summed E-state index contributed by atoms with van der Waals surface area (Å²) in [6.45, 7) is 0.364. The predicted octanol–water partition coefficient (Wildman–Crippen LogP) is 5.99. The van der Waals surface area contributed by atoms with E-state index in [9.17, 15) is 0 Å². The molecule has 94 valence electrons. The summed E-state index contributed by atoms with van der Waals surface area (Å²) in [4.78, 5) is 0. The molecule has 1 nitrogen and oxygen atoms in total. The Morgan fingerprint density at radius 3 is 2.22 bits per heavy atom. The summed E-state index contributed by atoms with van der Waals surface area (Å²) in [6, 6.07) is 10.7. The smallest absolute Gasteiger partial charge is 0.122 e. The molecule has 2 rings (SSSR count). The minimum absolute atomic E-state index is 0.364. The lowest BCUT2D eigenvalue weighted by Crippen LogP contribution is -1.96. The summed E-state index contributed by atoms with van der Waals surface area (Å²) >= 11 is 21.2. The average Bonchev–Trinajstić information content (AvgIpc) is 2.26. The van der Waals surface area contributed by atoms with Crippen LogP contribution in [0.25, 0.3) is 0 Å². The van der Waals surface area contributed by atoms with Crippen molar-refractivity contribution >= 4 is 50.7 Å². The van der Waals surface area contributed by atoms with Crippen molar-refractivity contribution in [1.82, 2.24) is 0 Å². The van der Waals surface area contributed by atoms with Crippen molar-refractivity contribution in [3.63, 3.8) is 0 Å². The first kappa shape index (κ1) is 14.0. The van der Waals surface area contributed by atoms with Gasteiger partial charge in [0.05, 0.1) is 0 Å². The third kappa shape index (κ3) is 3.79. The van der Waals surface area contributed by atoms with Gasteiger partial charge in [0.15, 0.2) is 0 Å². The third-order valence-corrected chi connectivity index (χ3v) is 3.53. The van der Waals surface area contributed by atoms with Crippen LogP contribution in [0.4, 0.5) is 0 Å². The van der Waals surface area contributed by atoms with Crippen LogP contribution in [0.5, 0.6) is 5.75 Å². The molecule has 0 aliphatic heterocycles. The van der Waals surface area contributed by atoms with Crippen molar-refractivity contribution in [2.24, 2.45) is 0 Å². The highest BCUT2D eigenvalue weighted by molar-refractivity contribution is 9.10. The molecule has 0 spiro atoms. The highest BCUT2D eigenvalue weighted by Gasteiger charge is 2.04. The highest BCUT2D eigenvalue weighted by atomic mass is 79.9. The van der Waals surface area contributed by atoms with E-state index < -0.39 is 0 Å². The molecule has 0 radical (unpaired) electrons. The summed E-state index contributed by atoms with van der Waals surface area (Å²) in [7, 11) is 0. The van der Waals surface area contributed by atoms with Crippen LogP contribution in [0, 0.1) is 0 Å². The zero-order chi connectivity index (χ0) is 13.1. The maximum atomic E-state index is 6.10. The van der Waals surface area contributed by atoms with Crippen molar-refractivity contribution in [3.05, 3.63) is 61.5 Å². The molecular formula is C13H8BrCl3O. The number of hydrogen-bond donors (Lipinski definition) is 0. The molecule has 0 aromatic heterocycles. The third-order valence-electron chi connectivity index (χ3n) is 2.25. The van der Waals surface area contributed by atoms with Crippen LogP contribution in [0.15, 0.2) is 40.9 Å².